The summed E-state index contributed by atoms with van der Waals surface area (Å²) in [5.41, 5.74) is 8.13. The Labute approximate surface area is 131 Å². The van der Waals surface area contributed by atoms with Gasteiger partial charge in [0.25, 0.3) is 0 Å². The van der Waals surface area contributed by atoms with Crippen molar-refractivity contribution in [3.05, 3.63) is 52.0 Å². The van der Waals surface area contributed by atoms with E-state index in [1.807, 2.05) is 24.3 Å². The van der Waals surface area contributed by atoms with Gasteiger partial charge in [0.05, 0.1) is 7.11 Å². The Kier molecular flexibility index (Phi) is 3.78. The summed E-state index contributed by atoms with van der Waals surface area (Å²) in [6.45, 7) is 0. The molecule has 1 aliphatic rings. The van der Waals surface area contributed by atoms with Crippen LogP contribution in [0, 0.1) is 0 Å². The average molecular weight is 350 g/mol. The van der Waals surface area contributed by atoms with E-state index in [0.717, 1.165) is 21.3 Å². The third-order valence-electron chi connectivity index (χ3n) is 3.68. The van der Waals surface area contributed by atoms with Crippen molar-refractivity contribution in [1.82, 2.24) is 0 Å². The molecule has 2 aromatic carbocycles. The Morgan fingerprint density at radius 2 is 2.10 bits per heavy atom. The number of aromatic hydroxyl groups is 1. The second-order valence-electron chi connectivity index (χ2n) is 5.06. The summed E-state index contributed by atoms with van der Waals surface area (Å²) in [6, 6.07) is 11.0. The molecule has 1 unspecified atom stereocenters. The Hall–Kier alpha value is -1.72. The first-order valence-electron chi connectivity index (χ1n) is 6.67. The number of fused-ring (bicyclic) bond motifs is 1. The van der Waals surface area contributed by atoms with Gasteiger partial charge in [0, 0.05) is 22.5 Å². The molecule has 0 aromatic heterocycles. The quantitative estimate of drug-likeness (QED) is 0.867. The van der Waals surface area contributed by atoms with Crippen LogP contribution in [0.5, 0.6) is 17.2 Å². The molecule has 5 heteroatoms. The summed E-state index contributed by atoms with van der Waals surface area (Å²) < 4.78 is 12.1. The van der Waals surface area contributed by atoms with Gasteiger partial charge in [-0.15, -0.1) is 0 Å². The highest BCUT2D eigenvalue weighted by Gasteiger charge is 2.27. The normalized spacial score (nSPS) is 20.5. The van der Waals surface area contributed by atoms with E-state index in [4.69, 9.17) is 15.2 Å². The molecule has 0 bridgehead atoms. The summed E-state index contributed by atoms with van der Waals surface area (Å²) in [6.07, 6.45) is 0.486. The molecular weight excluding hydrogens is 334 g/mol. The minimum Gasteiger partial charge on any atom is -0.504 e. The lowest BCUT2D eigenvalue weighted by atomic mass is 9.93. The molecule has 2 atom stereocenters. The number of halogens is 1. The second kappa shape index (κ2) is 5.58. The van der Waals surface area contributed by atoms with Crippen LogP contribution in [0.1, 0.15) is 29.7 Å². The third-order valence-corrected chi connectivity index (χ3v) is 4.18. The highest BCUT2D eigenvalue weighted by molar-refractivity contribution is 9.10. The maximum absolute atomic E-state index is 9.90. The van der Waals surface area contributed by atoms with Crippen LogP contribution < -0.4 is 15.2 Å². The number of phenols is 1. The zero-order valence-electron chi connectivity index (χ0n) is 11.5. The number of nitrogens with two attached hydrogens (primary N) is 1. The molecule has 0 saturated heterocycles. The van der Waals surface area contributed by atoms with Crippen LogP contribution in [0.4, 0.5) is 0 Å². The summed E-state index contributed by atoms with van der Waals surface area (Å²) in [4.78, 5) is 0. The maximum Gasteiger partial charge on any atom is 0.160 e. The monoisotopic (exact) mass is 349 g/mol. The first-order valence-corrected chi connectivity index (χ1v) is 7.46. The van der Waals surface area contributed by atoms with Crippen molar-refractivity contribution in [3.8, 4) is 17.2 Å². The summed E-state index contributed by atoms with van der Waals surface area (Å²) in [5, 5.41) is 9.90. The molecule has 1 heterocycles. The lowest BCUT2D eigenvalue weighted by molar-refractivity contribution is 0.161. The Bertz CT molecular complexity index is 675. The van der Waals surface area contributed by atoms with Gasteiger partial charge in [-0.1, -0.05) is 22.0 Å². The van der Waals surface area contributed by atoms with Gasteiger partial charge in [0.2, 0.25) is 0 Å². The van der Waals surface area contributed by atoms with Crippen molar-refractivity contribution in [1.29, 1.82) is 0 Å². The minimum absolute atomic E-state index is 0.0968. The number of phenolic OH excluding ortho intramolecular Hbond substituents is 1. The van der Waals surface area contributed by atoms with E-state index < -0.39 is 0 Å². The van der Waals surface area contributed by atoms with Crippen LogP contribution in [0.15, 0.2) is 40.9 Å². The molecule has 110 valence electrons. The molecule has 0 amide bonds. The van der Waals surface area contributed by atoms with E-state index in [2.05, 4.69) is 15.9 Å². The van der Waals surface area contributed by atoms with Crippen LogP contribution in [-0.2, 0) is 0 Å². The van der Waals surface area contributed by atoms with E-state index in [-0.39, 0.29) is 17.9 Å². The van der Waals surface area contributed by atoms with Gasteiger partial charge in [-0.25, -0.2) is 0 Å². The molecule has 2 aromatic rings. The van der Waals surface area contributed by atoms with Crippen molar-refractivity contribution in [2.24, 2.45) is 5.73 Å². The summed E-state index contributed by atoms with van der Waals surface area (Å²) >= 11 is 3.45. The zero-order chi connectivity index (χ0) is 15.0. The standard InChI is InChI=1S/C16H16BrNO3/c1-20-15-4-2-9(6-13(15)19)16-8-12(18)11-7-10(17)3-5-14(11)21-16/h2-7,12,16,19H,8,18H2,1H3/t12-,16?/m1/s1. The van der Waals surface area contributed by atoms with E-state index in [1.54, 1.807) is 12.1 Å². The van der Waals surface area contributed by atoms with Gasteiger partial charge >= 0.3 is 0 Å². The Balaban J connectivity index is 1.92. The van der Waals surface area contributed by atoms with Gasteiger partial charge in [-0.05, 0) is 35.9 Å². The van der Waals surface area contributed by atoms with Crippen LogP contribution in [0.2, 0.25) is 0 Å². The van der Waals surface area contributed by atoms with Gasteiger partial charge in [-0.2, -0.15) is 0 Å². The Morgan fingerprint density at radius 1 is 1.29 bits per heavy atom. The van der Waals surface area contributed by atoms with Crippen molar-refractivity contribution >= 4 is 15.9 Å². The van der Waals surface area contributed by atoms with E-state index in [1.165, 1.54) is 7.11 Å². The zero-order valence-corrected chi connectivity index (χ0v) is 13.1. The lowest BCUT2D eigenvalue weighted by Crippen LogP contribution is -2.24. The number of benzene rings is 2. The van der Waals surface area contributed by atoms with E-state index >= 15 is 0 Å². The van der Waals surface area contributed by atoms with Crippen LogP contribution in [-0.4, -0.2) is 12.2 Å². The maximum atomic E-state index is 9.90. The minimum atomic E-state index is -0.175. The van der Waals surface area contributed by atoms with Crippen LogP contribution in [0.3, 0.4) is 0 Å². The van der Waals surface area contributed by atoms with Gasteiger partial charge < -0.3 is 20.3 Å². The number of hydrogen-bond donors (Lipinski definition) is 2. The first kappa shape index (κ1) is 14.2. The number of hydrogen-bond acceptors (Lipinski definition) is 4. The smallest absolute Gasteiger partial charge is 0.160 e. The van der Waals surface area contributed by atoms with Gasteiger partial charge in [0.1, 0.15) is 11.9 Å². The van der Waals surface area contributed by atoms with Crippen LogP contribution >= 0.6 is 15.9 Å². The average Bonchev–Trinajstić information content (AvgIpc) is 2.47. The van der Waals surface area contributed by atoms with Crippen molar-refractivity contribution in [2.45, 2.75) is 18.6 Å². The molecule has 0 saturated carbocycles. The van der Waals surface area contributed by atoms with Crippen molar-refractivity contribution in [2.75, 3.05) is 7.11 Å². The third kappa shape index (κ3) is 2.71. The first-order chi connectivity index (χ1) is 10.1. The molecule has 0 aliphatic carbocycles. The molecule has 3 N–H and O–H groups in total. The van der Waals surface area contributed by atoms with Crippen molar-refractivity contribution < 1.29 is 14.6 Å². The fourth-order valence-corrected chi connectivity index (χ4v) is 2.97. The number of ether oxygens (including phenoxy) is 2. The highest BCUT2D eigenvalue weighted by atomic mass is 79.9. The highest BCUT2D eigenvalue weighted by Crippen LogP contribution is 2.42. The van der Waals surface area contributed by atoms with E-state index in [9.17, 15) is 5.11 Å². The number of methoxy groups -OCH3 is 1. The fourth-order valence-electron chi connectivity index (χ4n) is 2.59. The van der Waals surface area contributed by atoms with E-state index in [0.29, 0.717) is 12.2 Å². The molecule has 0 radical (unpaired) electrons. The number of rotatable bonds is 2. The lowest BCUT2D eigenvalue weighted by Gasteiger charge is -2.30. The van der Waals surface area contributed by atoms with Crippen LogP contribution in [0.25, 0.3) is 0 Å². The van der Waals surface area contributed by atoms with Gasteiger partial charge in [-0.3, -0.25) is 0 Å². The second-order valence-corrected chi connectivity index (χ2v) is 5.98. The summed E-state index contributed by atoms with van der Waals surface area (Å²) in [5.74, 6) is 1.34. The molecule has 3 rings (SSSR count). The van der Waals surface area contributed by atoms with Gasteiger partial charge in [0.15, 0.2) is 11.5 Å². The molecule has 1 aliphatic heterocycles. The molecule has 0 spiro atoms. The predicted octanol–water partition coefficient (Wildman–Crippen LogP) is 3.69. The molecule has 21 heavy (non-hydrogen) atoms. The molecular formula is C16H16BrNO3. The molecule has 0 fully saturated rings. The SMILES string of the molecule is COc1ccc(C2C[C@@H](N)c3cc(Br)ccc3O2)cc1O. The predicted molar refractivity (Wildman–Crippen MR) is 83.7 cm³/mol. The van der Waals surface area contributed by atoms with Crippen molar-refractivity contribution in [3.63, 3.8) is 0 Å². The molecule has 4 nitrogen and oxygen atoms in total. The Morgan fingerprint density at radius 3 is 2.81 bits per heavy atom. The fraction of sp³-hybridized carbons (Fsp3) is 0.250. The summed E-state index contributed by atoms with van der Waals surface area (Å²) in [7, 11) is 1.52. The largest absolute Gasteiger partial charge is 0.504 e. The topological polar surface area (TPSA) is 64.7 Å².